The standard InChI is InChI=1S/C9H11N5/c1-10-8-3-7-6(4-12-8)9(11-2)14-5-13-7/h3-5H,1-2H3,(H,10,12)(H,11,13,14). The number of pyridine rings is 1. The van der Waals surface area contributed by atoms with Crippen molar-refractivity contribution in [3.63, 3.8) is 0 Å². The Hall–Kier alpha value is -1.91. The van der Waals surface area contributed by atoms with Gasteiger partial charge in [-0.1, -0.05) is 0 Å². The van der Waals surface area contributed by atoms with Crippen LogP contribution in [0.5, 0.6) is 0 Å². The van der Waals surface area contributed by atoms with Gasteiger partial charge in [0.25, 0.3) is 0 Å². The molecule has 0 amide bonds. The zero-order valence-corrected chi connectivity index (χ0v) is 8.07. The van der Waals surface area contributed by atoms with E-state index in [1.807, 2.05) is 20.2 Å². The fourth-order valence-electron chi connectivity index (χ4n) is 1.29. The Bertz CT molecular complexity index is 454. The first-order chi connectivity index (χ1) is 6.85. The van der Waals surface area contributed by atoms with E-state index in [0.29, 0.717) is 0 Å². The normalized spacial score (nSPS) is 10.1. The molecule has 5 nitrogen and oxygen atoms in total. The summed E-state index contributed by atoms with van der Waals surface area (Å²) in [6, 6.07) is 1.89. The Morgan fingerprint density at radius 2 is 1.93 bits per heavy atom. The quantitative estimate of drug-likeness (QED) is 0.741. The highest BCUT2D eigenvalue weighted by Gasteiger charge is 2.02. The topological polar surface area (TPSA) is 62.7 Å². The van der Waals surface area contributed by atoms with Gasteiger partial charge in [0.2, 0.25) is 0 Å². The van der Waals surface area contributed by atoms with Crippen LogP contribution in [-0.2, 0) is 0 Å². The summed E-state index contributed by atoms with van der Waals surface area (Å²) < 4.78 is 0. The molecular weight excluding hydrogens is 178 g/mol. The van der Waals surface area contributed by atoms with Gasteiger partial charge in [-0.3, -0.25) is 0 Å². The van der Waals surface area contributed by atoms with Gasteiger partial charge < -0.3 is 10.6 Å². The van der Waals surface area contributed by atoms with E-state index in [-0.39, 0.29) is 0 Å². The van der Waals surface area contributed by atoms with Crippen molar-refractivity contribution < 1.29 is 0 Å². The highest BCUT2D eigenvalue weighted by atomic mass is 15.0. The number of rotatable bonds is 2. The van der Waals surface area contributed by atoms with Gasteiger partial charge in [0.05, 0.1) is 10.9 Å². The van der Waals surface area contributed by atoms with E-state index in [0.717, 1.165) is 22.5 Å². The van der Waals surface area contributed by atoms with Crippen molar-refractivity contribution in [2.24, 2.45) is 0 Å². The number of nitrogens with zero attached hydrogens (tertiary/aromatic N) is 3. The molecule has 0 aliphatic rings. The van der Waals surface area contributed by atoms with Crippen LogP contribution in [0.2, 0.25) is 0 Å². The average Bonchev–Trinajstić information content (AvgIpc) is 2.27. The molecule has 72 valence electrons. The number of aromatic nitrogens is 3. The molecule has 5 heteroatoms. The number of fused-ring (bicyclic) bond motifs is 1. The Morgan fingerprint density at radius 1 is 1.07 bits per heavy atom. The zero-order chi connectivity index (χ0) is 9.97. The molecule has 2 aromatic heterocycles. The smallest absolute Gasteiger partial charge is 0.138 e. The number of nitrogens with one attached hydrogen (secondary N) is 2. The molecule has 0 atom stereocenters. The SMILES string of the molecule is CNc1cc2ncnc(NC)c2cn1. The van der Waals surface area contributed by atoms with Gasteiger partial charge in [0.15, 0.2) is 0 Å². The summed E-state index contributed by atoms with van der Waals surface area (Å²) in [5.74, 6) is 1.60. The van der Waals surface area contributed by atoms with Gasteiger partial charge in [-0.25, -0.2) is 15.0 Å². The lowest BCUT2D eigenvalue weighted by Crippen LogP contribution is -1.97. The van der Waals surface area contributed by atoms with Crippen molar-refractivity contribution in [2.45, 2.75) is 0 Å². The summed E-state index contributed by atoms with van der Waals surface area (Å²) in [7, 11) is 3.65. The molecular formula is C9H11N5. The van der Waals surface area contributed by atoms with Crippen LogP contribution in [0.4, 0.5) is 11.6 Å². The van der Waals surface area contributed by atoms with E-state index < -0.39 is 0 Å². The molecule has 0 fully saturated rings. The Balaban J connectivity index is 2.67. The van der Waals surface area contributed by atoms with Crippen molar-refractivity contribution in [1.82, 2.24) is 15.0 Å². The minimum atomic E-state index is 0.796. The van der Waals surface area contributed by atoms with Gasteiger partial charge in [-0.05, 0) is 0 Å². The van der Waals surface area contributed by atoms with Gasteiger partial charge in [0.1, 0.15) is 18.0 Å². The molecule has 0 aliphatic heterocycles. The third kappa shape index (κ3) is 1.32. The molecule has 2 rings (SSSR count). The van der Waals surface area contributed by atoms with Crippen LogP contribution in [0.3, 0.4) is 0 Å². The third-order valence-electron chi connectivity index (χ3n) is 2.01. The molecule has 0 spiro atoms. The molecule has 0 unspecified atom stereocenters. The maximum atomic E-state index is 4.20. The Labute approximate surface area is 81.6 Å². The minimum Gasteiger partial charge on any atom is -0.373 e. The fraction of sp³-hybridized carbons (Fsp3) is 0.222. The summed E-state index contributed by atoms with van der Waals surface area (Å²) >= 11 is 0. The lowest BCUT2D eigenvalue weighted by molar-refractivity contribution is 1.19. The molecule has 2 aromatic rings. The van der Waals surface area contributed by atoms with E-state index in [9.17, 15) is 0 Å². The first-order valence-electron chi connectivity index (χ1n) is 4.31. The van der Waals surface area contributed by atoms with Crippen molar-refractivity contribution in [1.29, 1.82) is 0 Å². The number of hydrogen-bond donors (Lipinski definition) is 2. The van der Waals surface area contributed by atoms with Crippen LogP contribution >= 0.6 is 0 Å². The summed E-state index contributed by atoms with van der Waals surface area (Å²) in [5.41, 5.74) is 0.878. The highest BCUT2D eigenvalue weighted by molar-refractivity contribution is 5.89. The maximum absolute atomic E-state index is 4.20. The predicted octanol–water partition coefficient (Wildman–Crippen LogP) is 1.11. The predicted molar refractivity (Wildman–Crippen MR) is 56.4 cm³/mol. The second-order valence-electron chi connectivity index (χ2n) is 2.81. The molecule has 0 saturated heterocycles. The summed E-state index contributed by atoms with van der Waals surface area (Å²) in [5, 5.41) is 6.89. The van der Waals surface area contributed by atoms with E-state index >= 15 is 0 Å². The van der Waals surface area contributed by atoms with Gasteiger partial charge >= 0.3 is 0 Å². The van der Waals surface area contributed by atoms with Crippen LogP contribution in [-0.4, -0.2) is 29.0 Å². The molecule has 0 saturated carbocycles. The third-order valence-corrected chi connectivity index (χ3v) is 2.01. The molecule has 0 aromatic carbocycles. The minimum absolute atomic E-state index is 0.796. The van der Waals surface area contributed by atoms with E-state index in [1.54, 1.807) is 6.20 Å². The largest absolute Gasteiger partial charge is 0.373 e. The molecule has 0 bridgehead atoms. The van der Waals surface area contributed by atoms with Crippen molar-refractivity contribution in [3.05, 3.63) is 18.6 Å². The Morgan fingerprint density at radius 3 is 2.64 bits per heavy atom. The van der Waals surface area contributed by atoms with Crippen molar-refractivity contribution in [2.75, 3.05) is 24.7 Å². The average molecular weight is 189 g/mol. The van der Waals surface area contributed by atoms with Crippen LogP contribution in [0.15, 0.2) is 18.6 Å². The lowest BCUT2D eigenvalue weighted by Gasteiger charge is -2.04. The monoisotopic (exact) mass is 189 g/mol. The van der Waals surface area contributed by atoms with Crippen molar-refractivity contribution in [3.8, 4) is 0 Å². The summed E-state index contributed by atoms with van der Waals surface area (Å²) in [4.78, 5) is 12.5. The number of hydrogen-bond acceptors (Lipinski definition) is 5. The van der Waals surface area contributed by atoms with Crippen LogP contribution < -0.4 is 10.6 Å². The van der Waals surface area contributed by atoms with Gasteiger partial charge in [0, 0.05) is 26.4 Å². The number of anilines is 2. The van der Waals surface area contributed by atoms with E-state index in [2.05, 4.69) is 25.6 Å². The van der Waals surface area contributed by atoms with Crippen molar-refractivity contribution >= 4 is 22.5 Å². The Kier molecular flexibility index (Phi) is 2.14. The molecule has 2 N–H and O–H groups in total. The van der Waals surface area contributed by atoms with Gasteiger partial charge in [-0.15, -0.1) is 0 Å². The molecule has 14 heavy (non-hydrogen) atoms. The summed E-state index contributed by atoms with van der Waals surface area (Å²) in [6.45, 7) is 0. The molecule has 0 radical (unpaired) electrons. The van der Waals surface area contributed by atoms with E-state index in [4.69, 9.17) is 0 Å². The first kappa shape index (κ1) is 8.68. The van der Waals surface area contributed by atoms with Crippen LogP contribution in [0, 0.1) is 0 Å². The molecule has 0 aliphatic carbocycles. The highest BCUT2D eigenvalue weighted by Crippen LogP contribution is 2.19. The lowest BCUT2D eigenvalue weighted by atomic mass is 10.3. The maximum Gasteiger partial charge on any atom is 0.138 e. The van der Waals surface area contributed by atoms with Crippen LogP contribution in [0.1, 0.15) is 0 Å². The summed E-state index contributed by atoms with van der Waals surface area (Å²) in [6.07, 6.45) is 3.29. The second kappa shape index (κ2) is 3.45. The first-order valence-corrected chi connectivity index (χ1v) is 4.31. The molecule has 2 heterocycles. The van der Waals surface area contributed by atoms with Crippen LogP contribution in [0.25, 0.3) is 10.9 Å². The van der Waals surface area contributed by atoms with Gasteiger partial charge in [-0.2, -0.15) is 0 Å². The van der Waals surface area contributed by atoms with E-state index in [1.165, 1.54) is 6.33 Å². The fourth-order valence-corrected chi connectivity index (χ4v) is 1.29. The second-order valence-corrected chi connectivity index (χ2v) is 2.81. The zero-order valence-electron chi connectivity index (χ0n) is 8.07.